The van der Waals surface area contributed by atoms with Gasteiger partial charge in [-0.3, -0.25) is 14.5 Å². The largest absolute Gasteiger partial charge is 0.492 e. The Labute approximate surface area is 174 Å². The van der Waals surface area contributed by atoms with Crippen molar-refractivity contribution in [2.24, 2.45) is 0 Å². The molecule has 1 fully saturated rings. The van der Waals surface area contributed by atoms with Crippen molar-refractivity contribution < 1.29 is 19.4 Å². The standard InChI is InChI=1S/C19H14BrNO4S2/c20-13-6-2-3-7-14(13)21-18(24)16(27-19(21)26)11-12-5-1-4-8-15(12)25-10-9-17(22)23/h1-8,11H,9-10H2,(H,22,23)/b16-11+. The number of rotatable bonds is 6. The highest BCUT2D eigenvalue weighted by molar-refractivity contribution is 9.10. The number of carbonyl (C=O) groups excluding carboxylic acids is 1. The van der Waals surface area contributed by atoms with Crippen molar-refractivity contribution in [3.8, 4) is 5.75 Å². The first kappa shape index (κ1) is 19.6. The average Bonchev–Trinajstić information content (AvgIpc) is 2.90. The minimum Gasteiger partial charge on any atom is -0.492 e. The van der Waals surface area contributed by atoms with Gasteiger partial charge in [0.2, 0.25) is 0 Å². The van der Waals surface area contributed by atoms with E-state index in [9.17, 15) is 9.59 Å². The van der Waals surface area contributed by atoms with Gasteiger partial charge in [0.25, 0.3) is 5.91 Å². The molecule has 0 aromatic heterocycles. The van der Waals surface area contributed by atoms with Crippen LogP contribution in [0.4, 0.5) is 5.69 Å². The van der Waals surface area contributed by atoms with E-state index in [1.165, 1.54) is 16.7 Å². The number of hydrogen-bond donors (Lipinski definition) is 1. The van der Waals surface area contributed by atoms with Crippen LogP contribution in [-0.4, -0.2) is 27.9 Å². The number of nitrogens with zero attached hydrogens (tertiary/aromatic N) is 1. The molecular weight excluding hydrogens is 450 g/mol. The normalized spacial score (nSPS) is 15.4. The molecule has 0 saturated carbocycles. The summed E-state index contributed by atoms with van der Waals surface area (Å²) in [6.07, 6.45) is 1.62. The third-order valence-corrected chi connectivity index (χ3v) is 5.64. The number of aliphatic carboxylic acids is 1. The number of carboxylic acids is 1. The van der Waals surface area contributed by atoms with Gasteiger partial charge in [-0.15, -0.1) is 0 Å². The number of hydrogen-bond acceptors (Lipinski definition) is 5. The van der Waals surface area contributed by atoms with E-state index in [-0.39, 0.29) is 18.9 Å². The number of carbonyl (C=O) groups is 2. The molecule has 2 aromatic carbocycles. The van der Waals surface area contributed by atoms with Gasteiger partial charge in [0.15, 0.2) is 4.32 Å². The van der Waals surface area contributed by atoms with Crippen LogP contribution in [0.1, 0.15) is 12.0 Å². The molecular formula is C19H14BrNO4S2. The number of anilines is 1. The quantitative estimate of drug-likeness (QED) is 0.494. The second-order valence-electron chi connectivity index (χ2n) is 5.50. The summed E-state index contributed by atoms with van der Waals surface area (Å²) in [6, 6.07) is 14.5. The molecule has 138 valence electrons. The topological polar surface area (TPSA) is 66.8 Å². The number of thiocarbonyl (C=S) groups is 1. The molecule has 5 nitrogen and oxygen atoms in total. The Kier molecular flexibility index (Phi) is 6.30. The van der Waals surface area contributed by atoms with Crippen molar-refractivity contribution in [3.63, 3.8) is 0 Å². The Hall–Kier alpha value is -2.16. The van der Waals surface area contributed by atoms with Crippen molar-refractivity contribution in [2.45, 2.75) is 6.42 Å². The molecule has 8 heteroatoms. The summed E-state index contributed by atoms with van der Waals surface area (Å²) in [4.78, 5) is 25.5. The maximum Gasteiger partial charge on any atom is 0.306 e. The summed E-state index contributed by atoms with van der Waals surface area (Å²) >= 11 is 10.1. The molecule has 0 unspecified atom stereocenters. The fourth-order valence-corrected chi connectivity index (χ4v) is 4.17. The first-order valence-corrected chi connectivity index (χ1v) is 9.95. The summed E-state index contributed by atoms with van der Waals surface area (Å²) in [5, 5.41) is 8.75. The molecule has 1 N–H and O–H groups in total. The third kappa shape index (κ3) is 4.58. The van der Waals surface area contributed by atoms with Crippen molar-refractivity contribution in [1.82, 2.24) is 0 Å². The van der Waals surface area contributed by atoms with Gasteiger partial charge in [-0.05, 0) is 40.2 Å². The number of amides is 1. The number of thioether (sulfide) groups is 1. The number of halogens is 1. The summed E-state index contributed by atoms with van der Waals surface area (Å²) in [7, 11) is 0. The van der Waals surface area contributed by atoms with Crippen molar-refractivity contribution >= 4 is 67.9 Å². The number of ether oxygens (including phenoxy) is 1. The van der Waals surface area contributed by atoms with Crippen molar-refractivity contribution in [3.05, 3.63) is 63.5 Å². The van der Waals surface area contributed by atoms with Crippen LogP contribution in [0, 0.1) is 0 Å². The third-order valence-electron chi connectivity index (χ3n) is 3.67. The first-order chi connectivity index (χ1) is 13.0. The van der Waals surface area contributed by atoms with Crippen LogP contribution in [0.15, 0.2) is 57.9 Å². The molecule has 0 spiro atoms. The zero-order valence-electron chi connectivity index (χ0n) is 13.9. The Bertz CT molecular complexity index is 945. The summed E-state index contributed by atoms with van der Waals surface area (Å²) in [6.45, 7) is 0.0537. The highest BCUT2D eigenvalue weighted by atomic mass is 79.9. The molecule has 1 aliphatic rings. The van der Waals surface area contributed by atoms with E-state index in [0.29, 0.717) is 26.2 Å². The van der Waals surface area contributed by atoms with Gasteiger partial charge < -0.3 is 9.84 Å². The molecule has 27 heavy (non-hydrogen) atoms. The van der Waals surface area contributed by atoms with Crippen LogP contribution in [0.5, 0.6) is 5.75 Å². The molecule has 1 heterocycles. The lowest BCUT2D eigenvalue weighted by molar-refractivity contribution is -0.137. The van der Waals surface area contributed by atoms with E-state index in [1.807, 2.05) is 30.3 Å². The van der Waals surface area contributed by atoms with Gasteiger partial charge in [-0.25, -0.2) is 0 Å². The van der Waals surface area contributed by atoms with E-state index in [2.05, 4.69) is 15.9 Å². The molecule has 1 amide bonds. The number of benzene rings is 2. The Balaban J connectivity index is 1.86. The van der Waals surface area contributed by atoms with Gasteiger partial charge >= 0.3 is 5.97 Å². The number of carboxylic acid groups (broad SMARTS) is 1. The SMILES string of the molecule is O=C(O)CCOc1ccccc1/C=C1/SC(=S)N(c2ccccc2Br)C1=O. The van der Waals surface area contributed by atoms with Gasteiger partial charge in [-0.1, -0.05) is 54.3 Å². The minimum absolute atomic E-state index is 0.0537. The lowest BCUT2D eigenvalue weighted by Crippen LogP contribution is -2.27. The monoisotopic (exact) mass is 463 g/mol. The van der Waals surface area contributed by atoms with E-state index < -0.39 is 5.97 Å². The van der Waals surface area contributed by atoms with Crippen molar-refractivity contribution in [2.75, 3.05) is 11.5 Å². The van der Waals surface area contributed by atoms with Crippen LogP contribution < -0.4 is 9.64 Å². The predicted molar refractivity (Wildman–Crippen MR) is 114 cm³/mol. The van der Waals surface area contributed by atoms with Crippen LogP contribution in [0.2, 0.25) is 0 Å². The van der Waals surface area contributed by atoms with E-state index in [1.54, 1.807) is 24.3 Å². The Morgan fingerprint density at radius 2 is 1.93 bits per heavy atom. The van der Waals surface area contributed by atoms with Gasteiger partial charge in [-0.2, -0.15) is 0 Å². The molecule has 2 aromatic rings. The zero-order valence-corrected chi connectivity index (χ0v) is 17.1. The van der Waals surface area contributed by atoms with E-state index >= 15 is 0 Å². The van der Waals surface area contributed by atoms with Crippen LogP contribution >= 0.6 is 39.9 Å². The maximum absolute atomic E-state index is 12.9. The molecule has 0 radical (unpaired) electrons. The first-order valence-electron chi connectivity index (χ1n) is 7.93. The van der Waals surface area contributed by atoms with Gasteiger partial charge in [0.1, 0.15) is 5.75 Å². The lowest BCUT2D eigenvalue weighted by atomic mass is 10.2. The number of para-hydroxylation sites is 2. The van der Waals surface area contributed by atoms with Crippen LogP contribution in [-0.2, 0) is 9.59 Å². The predicted octanol–water partition coefficient (Wildman–Crippen LogP) is 4.71. The lowest BCUT2D eigenvalue weighted by Gasteiger charge is -2.16. The van der Waals surface area contributed by atoms with E-state index in [0.717, 1.165) is 4.47 Å². The summed E-state index contributed by atoms with van der Waals surface area (Å²) < 4.78 is 6.78. The maximum atomic E-state index is 12.9. The van der Waals surface area contributed by atoms with Gasteiger partial charge in [0.05, 0.1) is 23.6 Å². The summed E-state index contributed by atoms with van der Waals surface area (Å²) in [5.74, 6) is -0.621. The van der Waals surface area contributed by atoms with Crippen molar-refractivity contribution in [1.29, 1.82) is 0 Å². The molecule has 1 aliphatic heterocycles. The van der Waals surface area contributed by atoms with Gasteiger partial charge in [0, 0.05) is 10.0 Å². The van der Waals surface area contributed by atoms with Crippen LogP contribution in [0.3, 0.4) is 0 Å². The smallest absolute Gasteiger partial charge is 0.306 e. The van der Waals surface area contributed by atoms with E-state index in [4.69, 9.17) is 22.1 Å². The highest BCUT2D eigenvalue weighted by Gasteiger charge is 2.34. The summed E-state index contributed by atoms with van der Waals surface area (Å²) in [5.41, 5.74) is 1.38. The Morgan fingerprint density at radius 1 is 1.22 bits per heavy atom. The minimum atomic E-state index is -0.929. The Morgan fingerprint density at radius 3 is 2.67 bits per heavy atom. The highest BCUT2D eigenvalue weighted by Crippen LogP contribution is 2.39. The fraction of sp³-hybridized carbons (Fsp3) is 0.105. The molecule has 0 atom stereocenters. The second kappa shape index (κ2) is 8.69. The fourth-order valence-electron chi connectivity index (χ4n) is 2.43. The molecule has 0 bridgehead atoms. The zero-order chi connectivity index (χ0) is 19.4. The van der Waals surface area contributed by atoms with Crippen LogP contribution in [0.25, 0.3) is 6.08 Å². The average molecular weight is 464 g/mol. The molecule has 1 saturated heterocycles. The molecule has 0 aliphatic carbocycles. The second-order valence-corrected chi connectivity index (χ2v) is 8.03. The molecule has 3 rings (SSSR count).